The van der Waals surface area contributed by atoms with Crippen molar-refractivity contribution in [3.63, 3.8) is 0 Å². The number of fused-ring (bicyclic) bond motifs is 1. The molecule has 0 amide bonds. The third-order valence-corrected chi connectivity index (χ3v) is 3.22. The van der Waals surface area contributed by atoms with Crippen molar-refractivity contribution in [2.45, 2.75) is 13.5 Å². The minimum absolute atomic E-state index is 0.0541. The highest BCUT2D eigenvalue weighted by Crippen LogP contribution is 2.22. The summed E-state index contributed by atoms with van der Waals surface area (Å²) < 4.78 is 10.9. The van der Waals surface area contributed by atoms with Crippen LogP contribution in [-0.2, 0) is 6.61 Å². The van der Waals surface area contributed by atoms with E-state index in [4.69, 9.17) is 14.3 Å². The SMILES string of the molecule is Cc1ccc(OCc2ccc3oc(C(=O)O)cc3c2)cc1. The van der Waals surface area contributed by atoms with Crippen molar-refractivity contribution in [3.8, 4) is 5.75 Å². The summed E-state index contributed by atoms with van der Waals surface area (Å²) in [4.78, 5) is 10.9. The predicted molar refractivity (Wildman–Crippen MR) is 78.7 cm³/mol. The quantitative estimate of drug-likeness (QED) is 0.785. The highest BCUT2D eigenvalue weighted by atomic mass is 16.5. The first-order valence-electron chi connectivity index (χ1n) is 6.57. The predicted octanol–water partition coefficient (Wildman–Crippen LogP) is 4.02. The van der Waals surface area contributed by atoms with Gasteiger partial charge in [0, 0.05) is 5.39 Å². The summed E-state index contributed by atoms with van der Waals surface area (Å²) in [6.45, 7) is 2.45. The Morgan fingerprint density at radius 2 is 1.90 bits per heavy atom. The lowest BCUT2D eigenvalue weighted by Gasteiger charge is -2.06. The second-order valence-corrected chi connectivity index (χ2v) is 4.89. The van der Waals surface area contributed by atoms with Gasteiger partial charge in [0.1, 0.15) is 17.9 Å². The molecule has 0 spiro atoms. The largest absolute Gasteiger partial charge is 0.489 e. The van der Waals surface area contributed by atoms with Crippen LogP contribution in [0.1, 0.15) is 21.7 Å². The van der Waals surface area contributed by atoms with Gasteiger partial charge in [-0.2, -0.15) is 0 Å². The van der Waals surface area contributed by atoms with E-state index in [-0.39, 0.29) is 5.76 Å². The number of aryl methyl sites for hydroxylation is 1. The second-order valence-electron chi connectivity index (χ2n) is 4.89. The fourth-order valence-corrected chi connectivity index (χ4v) is 2.09. The third kappa shape index (κ3) is 2.89. The molecule has 106 valence electrons. The van der Waals surface area contributed by atoms with Crippen molar-refractivity contribution < 1.29 is 19.1 Å². The summed E-state index contributed by atoms with van der Waals surface area (Å²) in [6.07, 6.45) is 0. The van der Waals surface area contributed by atoms with E-state index in [9.17, 15) is 4.79 Å². The standard InChI is InChI=1S/C17H14O4/c1-11-2-5-14(6-3-11)20-10-12-4-7-15-13(8-12)9-16(21-15)17(18)19/h2-9H,10H2,1H3,(H,18,19). The van der Waals surface area contributed by atoms with Gasteiger partial charge < -0.3 is 14.3 Å². The average Bonchev–Trinajstić information content (AvgIpc) is 2.90. The Morgan fingerprint density at radius 1 is 1.14 bits per heavy atom. The van der Waals surface area contributed by atoms with Gasteiger partial charge >= 0.3 is 5.97 Å². The van der Waals surface area contributed by atoms with Crippen LogP contribution in [0.25, 0.3) is 11.0 Å². The molecule has 0 aliphatic heterocycles. The van der Waals surface area contributed by atoms with Crippen LogP contribution >= 0.6 is 0 Å². The molecule has 0 radical (unpaired) electrons. The van der Waals surface area contributed by atoms with Crippen LogP contribution in [0.3, 0.4) is 0 Å². The maximum Gasteiger partial charge on any atom is 0.371 e. The van der Waals surface area contributed by atoms with Crippen LogP contribution in [0, 0.1) is 6.92 Å². The number of ether oxygens (including phenoxy) is 1. The molecule has 0 aliphatic carbocycles. The Kier molecular flexibility index (Phi) is 3.36. The molecule has 0 fully saturated rings. The fourth-order valence-electron chi connectivity index (χ4n) is 2.09. The monoisotopic (exact) mass is 282 g/mol. The number of hydrogen-bond acceptors (Lipinski definition) is 3. The highest BCUT2D eigenvalue weighted by molar-refractivity contribution is 5.91. The molecule has 0 aliphatic rings. The number of carbonyl (C=O) groups is 1. The molecular formula is C17H14O4. The number of benzene rings is 2. The summed E-state index contributed by atoms with van der Waals surface area (Å²) in [5.74, 6) is -0.315. The smallest absolute Gasteiger partial charge is 0.371 e. The van der Waals surface area contributed by atoms with Crippen LogP contribution in [0.2, 0.25) is 0 Å². The van der Waals surface area contributed by atoms with E-state index in [1.54, 1.807) is 6.07 Å². The van der Waals surface area contributed by atoms with E-state index in [0.717, 1.165) is 16.7 Å². The van der Waals surface area contributed by atoms with Crippen molar-refractivity contribution in [1.82, 2.24) is 0 Å². The van der Waals surface area contributed by atoms with Gasteiger partial charge in [-0.05, 0) is 42.8 Å². The Hall–Kier alpha value is -2.75. The molecule has 1 heterocycles. The van der Waals surface area contributed by atoms with E-state index in [1.165, 1.54) is 11.6 Å². The van der Waals surface area contributed by atoms with E-state index >= 15 is 0 Å². The molecule has 3 aromatic rings. The number of rotatable bonds is 4. The molecule has 0 saturated carbocycles. The van der Waals surface area contributed by atoms with Gasteiger partial charge in [0.15, 0.2) is 0 Å². The molecular weight excluding hydrogens is 268 g/mol. The Labute approximate surface area is 121 Å². The summed E-state index contributed by atoms with van der Waals surface area (Å²) in [6, 6.07) is 14.9. The van der Waals surface area contributed by atoms with Crippen LogP contribution in [0.5, 0.6) is 5.75 Å². The van der Waals surface area contributed by atoms with E-state index in [2.05, 4.69) is 0 Å². The van der Waals surface area contributed by atoms with Gasteiger partial charge in [0.2, 0.25) is 5.76 Å². The number of carboxylic acids is 1. The Bertz CT molecular complexity index is 784. The zero-order valence-corrected chi connectivity index (χ0v) is 11.5. The third-order valence-electron chi connectivity index (χ3n) is 3.22. The zero-order chi connectivity index (χ0) is 14.8. The van der Waals surface area contributed by atoms with Gasteiger partial charge in [-0.15, -0.1) is 0 Å². The van der Waals surface area contributed by atoms with Crippen molar-refractivity contribution in [3.05, 3.63) is 65.4 Å². The van der Waals surface area contributed by atoms with Gasteiger partial charge in [0.25, 0.3) is 0 Å². The first-order chi connectivity index (χ1) is 10.1. The van der Waals surface area contributed by atoms with Gasteiger partial charge in [-0.25, -0.2) is 4.79 Å². The molecule has 3 rings (SSSR count). The van der Waals surface area contributed by atoms with Crippen molar-refractivity contribution in [2.24, 2.45) is 0 Å². The molecule has 0 bridgehead atoms. The molecule has 4 heteroatoms. The lowest BCUT2D eigenvalue weighted by atomic mass is 10.1. The first-order valence-corrected chi connectivity index (χ1v) is 6.57. The summed E-state index contributed by atoms with van der Waals surface area (Å²) in [5, 5.41) is 9.67. The summed E-state index contributed by atoms with van der Waals surface area (Å²) in [7, 11) is 0. The van der Waals surface area contributed by atoms with Crippen LogP contribution in [0.4, 0.5) is 0 Å². The van der Waals surface area contributed by atoms with Crippen LogP contribution in [0.15, 0.2) is 52.9 Å². The molecule has 4 nitrogen and oxygen atoms in total. The first kappa shape index (κ1) is 13.2. The maximum absolute atomic E-state index is 10.9. The normalized spacial score (nSPS) is 10.7. The minimum atomic E-state index is -1.07. The van der Waals surface area contributed by atoms with Crippen molar-refractivity contribution in [1.29, 1.82) is 0 Å². The molecule has 0 unspecified atom stereocenters. The highest BCUT2D eigenvalue weighted by Gasteiger charge is 2.10. The van der Waals surface area contributed by atoms with Crippen LogP contribution in [-0.4, -0.2) is 11.1 Å². The Balaban J connectivity index is 1.77. The van der Waals surface area contributed by atoms with E-state index < -0.39 is 5.97 Å². The Morgan fingerprint density at radius 3 is 2.62 bits per heavy atom. The molecule has 1 aromatic heterocycles. The van der Waals surface area contributed by atoms with Gasteiger partial charge in [-0.1, -0.05) is 23.8 Å². The lowest BCUT2D eigenvalue weighted by Crippen LogP contribution is -1.94. The topological polar surface area (TPSA) is 59.7 Å². The van der Waals surface area contributed by atoms with Crippen molar-refractivity contribution >= 4 is 16.9 Å². The summed E-state index contributed by atoms with van der Waals surface area (Å²) >= 11 is 0. The second kappa shape index (κ2) is 5.32. The number of aromatic carboxylic acids is 1. The van der Waals surface area contributed by atoms with E-state index in [1.807, 2.05) is 43.3 Å². The summed E-state index contributed by atoms with van der Waals surface area (Å²) in [5.41, 5.74) is 2.70. The zero-order valence-electron chi connectivity index (χ0n) is 11.5. The number of carboxylic acid groups (broad SMARTS) is 1. The molecule has 0 atom stereocenters. The average molecular weight is 282 g/mol. The molecule has 21 heavy (non-hydrogen) atoms. The number of furan rings is 1. The van der Waals surface area contributed by atoms with Crippen LogP contribution < -0.4 is 4.74 Å². The maximum atomic E-state index is 10.9. The molecule has 0 saturated heterocycles. The van der Waals surface area contributed by atoms with Gasteiger partial charge in [-0.3, -0.25) is 0 Å². The van der Waals surface area contributed by atoms with Crippen molar-refractivity contribution in [2.75, 3.05) is 0 Å². The molecule has 2 aromatic carbocycles. The number of hydrogen-bond donors (Lipinski definition) is 1. The lowest BCUT2D eigenvalue weighted by molar-refractivity contribution is 0.0665. The fraction of sp³-hybridized carbons (Fsp3) is 0.118. The van der Waals surface area contributed by atoms with E-state index in [0.29, 0.717) is 12.2 Å². The minimum Gasteiger partial charge on any atom is -0.489 e. The molecule has 1 N–H and O–H groups in total. The van der Waals surface area contributed by atoms with Gasteiger partial charge in [0.05, 0.1) is 0 Å².